The molecule has 0 radical (unpaired) electrons. The summed E-state index contributed by atoms with van der Waals surface area (Å²) in [5.41, 5.74) is 1.64. The molecule has 1 aliphatic rings. The predicted octanol–water partition coefficient (Wildman–Crippen LogP) is 0.948. The molecule has 0 spiro atoms. The van der Waals surface area contributed by atoms with Crippen molar-refractivity contribution in [3.8, 4) is 0 Å². The van der Waals surface area contributed by atoms with Crippen LogP contribution in [0.25, 0.3) is 0 Å². The number of carbonyl (C=O) groups is 2. The molecule has 1 aromatic heterocycles. The minimum absolute atomic E-state index is 0.000000000000000444. The number of hydrogen-bond donors (Lipinski definition) is 0. The first kappa shape index (κ1) is 9.33. The van der Waals surface area contributed by atoms with E-state index in [0.717, 1.165) is 0 Å². The van der Waals surface area contributed by atoms with E-state index in [1.165, 1.54) is 11.3 Å². The second-order valence-electron chi connectivity index (χ2n) is 3.20. The van der Waals surface area contributed by atoms with Crippen molar-refractivity contribution in [2.45, 2.75) is 12.8 Å². The minimum atomic E-state index is 0.000000000000000444. The van der Waals surface area contributed by atoms with Gasteiger partial charge in [-0.05, 0) is 0 Å². The lowest BCUT2D eigenvalue weighted by Crippen LogP contribution is -2.38. The zero-order chi connectivity index (χ0) is 9.97. The summed E-state index contributed by atoms with van der Waals surface area (Å²) in [5, 5.41) is 0. The molecular weight excluding hydrogens is 200 g/mol. The Morgan fingerprint density at radius 1 is 1.43 bits per heavy atom. The Bertz CT molecular complexity index is 338. The highest BCUT2D eigenvalue weighted by Gasteiger charge is 2.22. The zero-order valence-electron chi connectivity index (χ0n) is 7.60. The molecule has 74 valence electrons. The Kier molecular flexibility index (Phi) is 2.58. The van der Waals surface area contributed by atoms with Crippen molar-refractivity contribution >= 4 is 23.0 Å². The van der Waals surface area contributed by atoms with Gasteiger partial charge in [-0.1, -0.05) is 0 Å². The number of nitrogens with zero attached hydrogens (tertiary/aromatic N) is 2. The molecule has 5 heteroatoms. The molecule has 2 heterocycles. The number of carbonyl (C=O) groups excluding carboxylic acids is 2. The van der Waals surface area contributed by atoms with E-state index in [9.17, 15) is 9.59 Å². The number of Topliss-reactive ketones (excluding diaryl/α,β-unsaturated/α-hetero) is 1. The van der Waals surface area contributed by atoms with E-state index in [1.54, 1.807) is 16.6 Å². The van der Waals surface area contributed by atoms with Crippen LogP contribution < -0.4 is 0 Å². The number of piperidine rings is 1. The fourth-order valence-electron chi connectivity index (χ4n) is 1.44. The highest BCUT2D eigenvalue weighted by atomic mass is 32.1. The zero-order valence-corrected chi connectivity index (χ0v) is 8.42. The largest absolute Gasteiger partial charge is 0.337 e. The van der Waals surface area contributed by atoms with Crippen LogP contribution in [0.4, 0.5) is 0 Å². The van der Waals surface area contributed by atoms with Crippen LogP contribution in [0.2, 0.25) is 0 Å². The first-order valence-corrected chi connectivity index (χ1v) is 5.35. The van der Waals surface area contributed by atoms with Crippen molar-refractivity contribution in [1.29, 1.82) is 0 Å². The van der Waals surface area contributed by atoms with Crippen molar-refractivity contribution in [2.75, 3.05) is 13.1 Å². The van der Waals surface area contributed by atoms with Crippen LogP contribution in [-0.2, 0) is 4.79 Å². The number of hydrogen-bond acceptors (Lipinski definition) is 4. The van der Waals surface area contributed by atoms with E-state index in [0.29, 0.717) is 30.8 Å². The summed E-state index contributed by atoms with van der Waals surface area (Å²) in [4.78, 5) is 28.9. The van der Waals surface area contributed by atoms with Gasteiger partial charge in [0.05, 0.1) is 11.7 Å². The number of aromatic nitrogens is 1. The van der Waals surface area contributed by atoms with Crippen LogP contribution in [0.5, 0.6) is 0 Å². The SMILES string of the molecule is O=C1CCN(C(=O)c2cncs2)CC1. The normalized spacial score (nSPS) is 17.1. The van der Waals surface area contributed by atoms with E-state index in [2.05, 4.69) is 4.98 Å². The Balaban J connectivity index is 2.03. The van der Waals surface area contributed by atoms with Gasteiger partial charge < -0.3 is 4.90 Å². The Labute approximate surface area is 85.6 Å². The van der Waals surface area contributed by atoms with Gasteiger partial charge in [-0.15, -0.1) is 11.3 Å². The van der Waals surface area contributed by atoms with Gasteiger partial charge in [-0.25, -0.2) is 0 Å². The molecule has 0 aromatic carbocycles. The van der Waals surface area contributed by atoms with Crippen LogP contribution in [0.1, 0.15) is 22.5 Å². The number of rotatable bonds is 1. The van der Waals surface area contributed by atoms with E-state index < -0.39 is 0 Å². The highest BCUT2D eigenvalue weighted by Crippen LogP contribution is 2.13. The summed E-state index contributed by atoms with van der Waals surface area (Å²) in [5.74, 6) is 0.248. The minimum Gasteiger partial charge on any atom is -0.337 e. The van der Waals surface area contributed by atoms with Gasteiger partial charge in [0.2, 0.25) is 0 Å². The number of thiazole rings is 1. The van der Waals surface area contributed by atoms with Crippen LogP contribution in [-0.4, -0.2) is 34.7 Å². The summed E-state index contributed by atoms with van der Waals surface area (Å²) < 4.78 is 0. The molecule has 0 saturated carbocycles. The molecule has 1 aromatic rings. The van der Waals surface area contributed by atoms with Crippen LogP contribution in [0.15, 0.2) is 11.7 Å². The lowest BCUT2D eigenvalue weighted by Gasteiger charge is -2.25. The second kappa shape index (κ2) is 3.88. The molecule has 14 heavy (non-hydrogen) atoms. The van der Waals surface area contributed by atoms with Gasteiger partial charge in [-0.3, -0.25) is 14.6 Å². The molecule has 1 aliphatic heterocycles. The van der Waals surface area contributed by atoms with Crippen molar-refractivity contribution in [3.63, 3.8) is 0 Å². The van der Waals surface area contributed by atoms with E-state index >= 15 is 0 Å². The number of likely N-dealkylation sites (tertiary alicyclic amines) is 1. The molecule has 4 nitrogen and oxygen atoms in total. The smallest absolute Gasteiger partial charge is 0.265 e. The number of amides is 1. The monoisotopic (exact) mass is 210 g/mol. The van der Waals surface area contributed by atoms with Gasteiger partial charge in [0.1, 0.15) is 10.7 Å². The molecule has 1 saturated heterocycles. The van der Waals surface area contributed by atoms with Gasteiger partial charge >= 0.3 is 0 Å². The maximum absolute atomic E-state index is 11.8. The highest BCUT2D eigenvalue weighted by molar-refractivity contribution is 7.11. The molecule has 1 amide bonds. The average Bonchev–Trinajstić information content (AvgIpc) is 2.71. The van der Waals surface area contributed by atoms with Crippen molar-refractivity contribution in [1.82, 2.24) is 9.88 Å². The standard InChI is InChI=1S/C9H10N2O2S/c12-7-1-3-11(4-2-7)9(13)8-5-10-6-14-8/h5-6H,1-4H2. The molecule has 2 rings (SSSR count). The molecular formula is C9H10N2O2S. The van der Waals surface area contributed by atoms with E-state index in [4.69, 9.17) is 0 Å². The Morgan fingerprint density at radius 2 is 2.14 bits per heavy atom. The second-order valence-corrected chi connectivity index (χ2v) is 4.08. The maximum atomic E-state index is 11.8. The summed E-state index contributed by atoms with van der Waals surface area (Å²) in [6.07, 6.45) is 2.55. The van der Waals surface area contributed by atoms with Crippen molar-refractivity contribution < 1.29 is 9.59 Å². The van der Waals surface area contributed by atoms with Crippen LogP contribution >= 0.6 is 11.3 Å². The van der Waals surface area contributed by atoms with Gasteiger partial charge in [0.25, 0.3) is 5.91 Å². The molecule has 0 N–H and O–H groups in total. The third kappa shape index (κ3) is 1.82. The van der Waals surface area contributed by atoms with Gasteiger partial charge in [-0.2, -0.15) is 0 Å². The lowest BCUT2D eigenvalue weighted by atomic mass is 10.1. The van der Waals surface area contributed by atoms with Crippen LogP contribution in [0.3, 0.4) is 0 Å². The average molecular weight is 210 g/mol. The van der Waals surface area contributed by atoms with E-state index in [1.807, 2.05) is 0 Å². The Hall–Kier alpha value is -1.23. The van der Waals surface area contributed by atoms with Crippen LogP contribution in [0, 0.1) is 0 Å². The van der Waals surface area contributed by atoms with E-state index in [-0.39, 0.29) is 11.7 Å². The molecule has 0 bridgehead atoms. The fraction of sp³-hybridized carbons (Fsp3) is 0.444. The third-order valence-electron chi connectivity index (χ3n) is 2.25. The molecule has 1 fully saturated rings. The van der Waals surface area contributed by atoms with Gasteiger partial charge in [0.15, 0.2) is 0 Å². The summed E-state index contributed by atoms with van der Waals surface area (Å²) in [7, 11) is 0. The summed E-state index contributed by atoms with van der Waals surface area (Å²) in [6, 6.07) is 0. The first-order chi connectivity index (χ1) is 6.77. The first-order valence-electron chi connectivity index (χ1n) is 4.47. The lowest BCUT2D eigenvalue weighted by molar-refractivity contribution is -0.120. The molecule has 0 atom stereocenters. The summed E-state index contributed by atoms with van der Waals surface area (Å²) in [6.45, 7) is 1.10. The predicted molar refractivity (Wildman–Crippen MR) is 52.3 cm³/mol. The third-order valence-corrected chi connectivity index (χ3v) is 3.01. The molecule has 0 unspecified atom stereocenters. The number of ketones is 1. The van der Waals surface area contributed by atoms with Crippen molar-refractivity contribution in [3.05, 3.63) is 16.6 Å². The maximum Gasteiger partial charge on any atom is 0.265 e. The van der Waals surface area contributed by atoms with Crippen molar-refractivity contribution in [2.24, 2.45) is 0 Å². The quantitative estimate of drug-likeness (QED) is 0.693. The fourth-order valence-corrected chi connectivity index (χ4v) is 2.02. The summed E-state index contributed by atoms with van der Waals surface area (Å²) >= 11 is 1.34. The molecule has 0 aliphatic carbocycles. The topological polar surface area (TPSA) is 50.3 Å². The Morgan fingerprint density at radius 3 is 2.71 bits per heavy atom. The van der Waals surface area contributed by atoms with Gasteiger partial charge in [0, 0.05) is 25.9 Å².